The maximum Gasteiger partial charge on any atom is 0.259 e. The fraction of sp³-hybridized carbons (Fsp3) is 0.200. The SMILES string of the molecule is O=c1[nH]c(C2CCCN2c2cc(=O)n3ccccc3n2)nc2ccccc12. The number of nitrogens with zero attached hydrogens (tertiary/aromatic N) is 4. The fourth-order valence-corrected chi connectivity index (χ4v) is 3.78. The zero-order valence-corrected chi connectivity index (χ0v) is 14.5. The van der Waals surface area contributed by atoms with Crippen molar-refractivity contribution in [3.05, 3.63) is 81.3 Å². The Bertz CT molecular complexity index is 1180. The third-order valence-corrected chi connectivity index (χ3v) is 5.05. The van der Waals surface area contributed by atoms with Crippen molar-refractivity contribution in [1.82, 2.24) is 19.4 Å². The van der Waals surface area contributed by atoms with E-state index in [0.717, 1.165) is 19.4 Å². The van der Waals surface area contributed by atoms with Gasteiger partial charge in [0.2, 0.25) is 0 Å². The Balaban J connectivity index is 1.62. The van der Waals surface area contributed by atoms with Crippen LogP contribution in [0.1, 0.15) is 24.7 Å². The summed E-state index contributed by atoms with van der Waals surface area (Å²) < 4.78 is 1.52. The van der Waals surface area contributed by atoms with Gasteiger partial charge in [0.05, 0.1) is 16.9 Å². The van der Waals surface area contributed by atoms with Crippen molar-refractivity contribution in [2.24, 2.45) is 0 Å². The lowest BCUT2D eigenvalue weighted by atomic mass is 10.2. The molecule has 7 heteroatoms. The van der Waals surface area contributed by atoms with Gasteiger partial charge in [-0.25, -0.2) is 9.97 Å². The molecule has 0 aliphatic carbocycles. The minimum atomic E-state index is -0.144. The summed E-state index contributed by atoms with van der Waals surface area (Å²) in [6.07, 6.45) is 3.49. The van der Waals surface area contributed by atoms with E-state index in [0.29, 0.717) is 28.2 Å². The highest BCUT2D eigenvalue weighted by Gasteiger charge is 2.30. The maximum atomic E-state index is 12.5. The molecular weight excluding hydrogens is 342 g/mol. The first kappa shape index (κ1) is 15.7. The number of aromatic amines is 1. The van der Waals surface area contributed by atoms with Gasteiger partial charge in [0.25, 0.3) is 11.1 Å². The van der Waals surface area contributed by atoms with E-state index in [1.165, 1.54) is 4.40 Å². The molecule has 1 saturated heterocycles. The first-order valence-corrected chi connectivity index (χ1v) is 8.95. The van der Waals surface area contributed by atoms with Crippen LogP contribution < -0.4 is 16.0 Å². The number of para-hydroxylation sites is 1. The van der Waals surface area contributed by atoms with Gasteiger partial charge in [-0.3, -0.25) is 14.0 Å². The number of hydrogen-bond acceptors (Lipinski definition) is 5. The van der Waals surface area contributed by atoms with Crippen LogP contribution in [0.4, 0.5) is 5.82 Å². The Kier molecular flexibility index (Phi) is 3.53. The number of anilines is 1. The Hall–Kier alpha value is -3.48. The van der Waals surface area contributed by atoms with Gasteiger partial charge in [0, 0.05) is 18.8 Å². The van der Waals surface area contributed by atoms with Crippen molar-refractivity contribution in [2.45, 2.75) is 18.9 Å². The Labute approximate surface area is 153 Å². The van der Waals surface area contributed by atoms with Crippen LogP contribution in [0.15, 0.2) is 64.3 Å². The number of nitrogens with one attached hydrogen (secondary N) is 1. The van der Waals surface area contributed by atoms with Gasteiger partial charge >= 0.3 is 0 Å². The first-order valence-electron chi connectivity index (χ1n) is 8.95. The van der Waals surface area contributed by atoms with Crippen LogP contribution in [0.2, 0.25) is 0 Å². The molecule has 1 fully saturated rings. The number of benzene rings is 1. The molecule has 0 spiro atoms. The van der Waals surface area contributed by atoms with E-state index < -0.39 is 0 Å². The van der Waals surface area contributed by atoms with E-state index in [4.69, 9.17) is 0 Å². The van der Waals surface area contributed by atoms with Gasteiger partial charge in [-0.05, 0) is 37.1 Å². The molecule has 0 saturated carbocycles. The smallest absolute Gasteiger partial charge is 0.259 e. The summed E-state index contributed by atoms with van der Waals surface area (Å²) in [5, 5.41) is 0.577. The van der Waals surface area contributed by atoms with Crippen LogP contribution in [-0.4, -0.2) is 25.9 Å². The predicted octanol–water partition coefficient (Wildman–Crippen LogP) is 2.27. The predicted molar refractivity (Wildman–Crippen MR) is 103 cm³/mol. The molecule has 134 valence electrons. The lowest BCUT2D eigenvalue weighted by Crippen LogP contribution is -2.29. The molecule has 0 radical (unpaired) electrons. The highest BCUT2D eigenvalue weighted by atomic mass is 16.1. The number of aromatic nitrogens is 4. The molecule has 1 aliphatic rings. The summed E-state index contributed by atoms with van der Waals surface area (Å²) in [5.74, 6) is 1.23. The lowest BCUT2D eigenvalue weighted by Gasteiger charge is -2.25. The summed E-state index contributed by atoms with van der Waals surface area (Å²) in [5.41, 5.74) is 1.01. The normalized spacial score (nSPS) is 17.0. The van der Waals surface area contributed by atoms with Gasteiger partial charge < -0.3 is 9.88 Å². The minimum absolute atomic E-state index is 0.111. The van der Waals surface area contributed by atoms with Crippen LogP contribution in [0.25, 0.3) is 16.6 Å². The molecular formula is C20H17N5O2. The highest BCUT2D eigenvalue weighted by molar-refractivity contribution is 5.77. The third kappa shape index (κ3) is 2.59. The second-order valence-corrected chi connectivity index (χ2v) is 6.70. The average Bonchev–Trinajstić information content (AvgIpc) is 3.18. The van der Waals surface area contributed by atoms with Crippen LogP contribution in [0.5, 0.6) is 0 Å². The molecule has 5 rings (SSSR count). The monoisotopic (exact) mass is 359 g/mol. The number of pyridine rings is 1. The molecule has 0 bridgehead atoms. The Morgan fingerprint density at radius 1 is 1.04 bits per heavy atom. The molecule has 7 nitrogen and oxygen atoms in total. The molecule has 0 amide bonds. The molecule has 1 N–H and O–H groups in total. The van der Waals surface area contributed by atoms with Crippen molar-refractivity contribution >= 4 is 22.4 Å². The van der Waals surface area contributed by atoms with E-state index in [-0.39, 0.29) is 17.2 Å². The Morgan fingerprint density at radius 2 is 1.89 bits per heavy atom. The molecule has 1 unspecified atom stereocenters. The van der Waals surface area contributed by atoms with Crippen molar-refractivity contribution in [3.63, 3.8) is 0 Å². The summed E-state index contributed by atoms with van der Waals surface area (Å²) in [4.78, 5) is 39.2. The van der Waals surface area contributed by atoms with Gasteiger partial charge in [-0.1, -0.05) is 18.2 Å². The zero-order chi connectivity index (χ0) is 18.4. The minimum Gasteiger partial charge on any atom is -0.346 e. The molecule has 1 atom stereocenters. The van der Waals surface area contributed by atoms with Crippen LogP contribution in [-0.2, 0) is 0 Å². The summed E-state index contributed by atoms with van der Waals surface area (Å²) in [6.45, 7) is 0.761. The molecule has 3 aromatic heterocycles. The van der Waals surface area contributed by atoms with Gasteiger partial charge in [-0.2, -0.15) is 0 Å². The van der Waals surface area contributed by atoms with Gasteiger partial charge in [0.15, 0.2) is 0 Å². The average molecular weight is 359 g/mol. The van der Waals surface area contributed by atoms with Crippen LogP contribution >= 0.6 is 0 Å². The van der Waals surface area contributed by atoms with E-state index in [9.17, 15) is 9.59 Å². The first-order chi connectivity index (χ1) is 13.2. The quantitative estimate of drug-likeness (QED) is 0.594. The number of rotatable bonds is 2. The zero-order valence-electron chi connectivity index (χ0n) is 14.5. The molecule has 1 aliphatic heterocycles. The van der Waals surface area contributed by atoms with E-state index in [1.54, 1.807) is 24.4 Å². The second kappa shape index (κ2) is 6.05. The van der Waals surface area contributed by atoms with Crippen molar-refractivity contribution in [1.29, 1.82) is 0 Å². The summed E-state index contributed by atoms with van der Waals surface area (Å²) in [7, 11) is 0. The van der Waals surface area contributed by atoms with Gasteiger partial charge in [0.1, 0.15) is 17.3 Å². The molecule has 27 heavy (non-hydrogen) atoms. The van der Waals surface area contributed by atoms with Crippen molar-refractivity contribution < 1.29 is 0 Å². The standard InChI is InChI=1S/C20H17N5O2/c26-18-12-17(22-16-9-3-4-10-25(16)18)24-11-5-8-15(24)19-21-14-7-2-1-6-13(14)20(27)23-19/h1-4,6-7,9-10,12,15H,5,8,11H2,(H,21,23,27). The lowest BCUT2D eigenvalue weighted by molar-refractivity contribution is 0.661. The number of fused-ring (bicyclic) bond motifs is 2. The summed E-state index contributed by atoms with van der Waals surface area (Å²) in [6, 6.07) is 14.2. The van der Waals surface area contributed by atoms with Crippen molar-refractivity contribution in [3.8, 4) is 0 Å². The fourth-order valence-electron chi connectivity index (χ4n) is 3.78. The number of hydrogen-bond donors (Lipinski definition) is 1. The Morgan fingerprint density at radius 3 is 2.81 bits per heavy atom. The number of H-pyrrole nitrogens is 1. The molecule has 4 heterocycles. The molecule has 1 aromatic carbocycles. The van der Waals surface area contributed by atoms with Crippen LogP contribution in [0, 0.1) is 0 Å². The highest BCUT2D eigenvalue weighted by Crippen LogP contribution is 2.33. The van der Waals surface area contributed by atoms with E-state index in [2.05, 4.69) is 19.9 Å². The third-order valence-electron chi connectivity index (χ3n) is 5.05. The largest absolute Gasteiger partial charge is 0.346 e. The topological polar surface area (TPSA) is 83.4 Å². The van der Waals surface area contributed by atoms with Gasteiger partial charge in [-0.15, -0.1) is 0 Å². The molecule has 4 aromatic rings. The van der Waals surface area contributed by atoms with Crippen LogP contribution in [0.3, 0.4) is 0 Å². The van der Waals surface area contributed by atoms with Crippen molar-refractivity contribution in [2.75, 3.05) is 11.4 Å². The second-order valence-electron chi connectivity index (χ2n) is 6.70. The maximum absolute atomic E-state index is 12.5. The van der Waals surface area contributed by atoms with E-state index in [1.807, 2.05) is 30.3 Å². The van der Waals surface area contributed by atoms with E-state index >= 15 is 0 Å². The summed E-state index contributed by atoms with van der Waals surface area (Å²) >= 11 is 0.